The van der Waals surface area contributed by atoms with Gasteiger partial charge in [-0.15, -0.1) is 0 Å². The highest BCUT2D eigenvalue weighted by atomic mass is 16.5. The molecule has 2 fully saturated rings. The van der Waals surface area contributed by atoms with E-state index in [1.807, 2.05) is 12.1 Å². The Hall–Kier alpha value is -2.92. The number of benzene rings is 2. The number of hydrogen-bond donors (Lipinski definition) is 1. The largest absolute Gasteiger partial charge is 0.467 e. The maximum absolute atomic E-state index is 12.7. The molecular formula is C27H32N2O3. The van der Waals surface area contributed by atoms with Crippen molar-refractivity contribution >= 4 is 17.4 Å². The van der Waals surface area contributed by atoms with Crippen LogP contribution in [0.15, 0.2) is 66.7 Å². The lowest BCUT2D eigenvalue weighted by Gasteiger charge is -2.36. The number of carbonyl (C=O) groups excluding carboxylic acids is 2. The lowest BCUT2D eigenvalue weighted by Crippen LogP contribution is -2.58. The minimum atomic E-state index is -0.880. The minimum absolute atomic E-state index is 0.0873. The summed E-state index contributed by atoms with van der Waals surface area (Å²) in [5, 5.41) is 2.96. The summed E-state index contributed by atoms with van der Waals surface area (Å²) >= 11 is 0. The number of likely N-dealkylation sites (tertiary alicyclic amines) is 1. The highest BCUT2D eigenvalue weighted by Crippen LogP contribution is 2.44. The maximum atomic E-state index is 12.7. The first kappa shape index (κ1) is 22.3. The SMILES string of the molecule is COC(=O)[C@]1(NC(C)=O)C[C@@H]2C[C@H]1CN(CCC=C(c1ccccc1)c1ccccc1)C2. The summed E-state index contributed by atoms with van der Waals surface area (Å²) in [6, 6.07) is 21.0. The molecule has 1 amide bonds. The van der Waals surface area contributed by atoms with Crippen molar-refractivity contribution in [1.82, 2.24) is 10.2 Å². The lowest BCUT2D eigenvalue weighted by atomic mass is 9.86. The van der Waals surface area contributed by atoms with E-state index in [0.717, 1.165) is 32.5 Å². The van der Waals surface area contributed by atoms with Crippen molar-refractivity contribution in [3.8, 4) is 0 Å². The zero-order valence-electron chi connectivity index (χ0n) is 18.9. The second kappa shape index (κ2) is 9.70. The molecule has 0 unspecified atom stereocenters. The average molecular weight is 433 g/mol. The predicted molar refractivity (Wildman–Crippen MR) is 126 cm³/mol. The van der Waals surface area contributed by atoms with Crippen molar-refractivity contribution in [3.63, 3.8) is 0 Å². The van der Waals surface area contributed by atoms with E-state index in [2.05, 4.69) is 64.8 Å². The van der Waals surface area contributed by atoms with Crippen LogP contribution in [0.3, 0.4) is 0 Å². The number of hydrogen-bond acceptors (Lipinski definition) is 4. The van der Waals surface area contributed by atoms with Gasteiger partial charge in [0.25, 0.3) is 0 Å². The van der Waals surface area contributed by atoms with Gasteiger partial charge in [0.05, 0.1) is 7.11 Å². The molecular weight excluding hydrogens is 400 g/mol. The number of esters is 1. The molecule has 1 heterocycles. The molecule has 1 aliphatic heterocycles. The van der Waals surface area contributed by atoms with Gasteiger partial charge in [0.15, 0.2) is 0 Å². The van der Waals surface area contributed by atoms with E-state index >= 15 is 0 Å². The summed E-state index contributed by atoms with van der Waals surface area (Å²) in [5.41, 5.74) is 2.80. The molecule has 5 nitrogen and oxygen atoms in total. The zero-order valence-corrected chi connectivity index (χ0v) is 18.9. The molecule has 2 aliphatic rings. The van der Waals surface area contributed by atoms with Crippen molar-refractivity contribution in [2.24, 2.45) is 11.8 Å². The number of ether oxygens (including phenoxy) is 1. The second-order valence-corrected chi connectivity index (χ2v) is 9.04. The Morgan fingerprint density at radius 3 is 2.25 bits per heavy atom. The number of amides is 1. The molecule has 5 heteroatoms. The molecule has 2 aromatic carbocycles. The number of fused-ring (bicyclic) bond motifs is 2. The summed E-state index contributed by atoms with van der Waals surface area (Å²) in [6.45, 7) is 4.15. The van der Waals surface area contributed by atoms with Crippen LogP contribution in [0.4, 0.5) is 0 Å². The van der Waals surface area contributed by atoms with Crippen LogP contribution in [0.1, 0.15) is 37.3 Å². The number of carbonyl (C=O) groups is 2. The van der Waals surface area contributed by atoms with E-state index < -0.39 is 5.54 Å². The maximum Gasteiger partial charge on any atom is 0.331 e. The quantitative estimate of drug-likeness (QED) is 0.675. The Kier molecular flexibility index (Phi) is 6.75. The molecule has 32 heavy (non-hydrogen) atoms. The van der Waals surface area contributed by atoms with Gasteiger partial charge >= 0.3 is 5.97 Å². The van der Waals surface area contributed by atoms with Gasteiger partial charge in [-0.05, 0) is 41.9 Å². The number of rotatable bonds is 7. The molecule has 2 aromatic rings. The van der Waals surface area contributed by atoms with Gasteiger partial charge in [-0.25, -0.2) is 4.79 Å². The summed E-state index contributed by atoms with van der Waals surface area (Å²) in [6.07, 6.45) is 4.86. The zero-order chi connectivity index (χ0) is 22.6. The molecule has 168 valence electrons. The van der Waals surface area contributed by atoms with Crippen LogP contribution in [0, 0.1) is 11.8 Å². The van der Waals surface area contributed by atoms with Gasteiger partial charge in [-0.1, -0.05) is 66.7 Å². The Bertz CT molecular complexity index is 931. The first-order valence-corrected chi connectivity index (χ1v) is 11.4. The third-order valence-corrected chi connectivity index (χ3v) is 6.83. The molecule has 0 spiro atoms. The second-order valence-electron chi connectivity index (χ2n) is 9.04. The summed E-state index contributed by atoms with van der Waals surface area (Å²) in [7, 11) is 1.41. The van der Waals surface area contributed by atoms with Gasteiger partial charge in [0.1, 0.15) is 5.54 Å². The van der Waals surface area contributed by atoms with Crippen molar-refractivity contribution in [1.29, 1.82) is 0 Å². The Balaban J connectivity index is 1.48. The first-order chi connectivity index (χ1) is 15.5. The van der Waals surface area contributed by atoms with E-state index in [-0.39, 0.29) is 17.8 Å². The monoisotopic (exact) mass is 432 g/mol. The molecule has 4 rings (SSSR count). The third-order valence-electron chi connectivity index (χ3n) is 6.83. The third kappa shape index (κ3) is 4.63. The van der Waals surface area contributed by atoms with Crippen molar-refractivity contribution in [2.75, 3.05) is 26.7 Å². The molecule has 1 saturated heterocycles. The standard InChI is InChI=1S/C27H32N2O3/c1-20(30)28-27(26(31)32-2)17-21-16-24(27)19-29(18-21)15-9-14-25(22-10-5-3-6-11-22)23-12-7-4-8-13-23/h3-8,10-14,21,24H,9,15-19H2,1-2H3,(H,28,30)/t21-,24-,27-/m0/s1. The molecule has 1 N–H and O–H groups in total. The molecule has 3 atom stereocenters. The smallest absolute Gasteiger partial charge is 0.331 e. The van der Waals surface area contributed by atoms with Crippen LogP contribution in [-0.4, -0.2) is 49.1 Å². The minimum Gasteiger partial charge on any atom is -0.467 e. The van der Waals surface area contributed by atoms with E-state index in [9.17, 15) is 9.59 Å². The Labute approximate surface area is 190 Å². The Morgan fingerprint density at radius 2 is 1.69 bits per heavy atom. The van der Waals surface area contributed by atoms with Crippen LogP contribution >= 0.6 is 0 Å². The van der Waals surface area contributed by atoms with Crippen LogP contribution in [0.25, 0.3) is 5.57 Å². The fraction of sp³-hybridized carbons (Fsp3) is 0.407. The lowest BCUT2D eigenvalue weighted by molar-refractivity contribution is -0.152. The average Bonchev–Trinajstić information content (AvgIpc) is 3.06. The van der Waals surface area contributed by atoms with Crippen molar-refractivity contribution in [3.05, 3.63) is 77.9 Å². The fourth-order valence-electron chi connectivity index (χ4n) is 5.59. The van der Waals surface area contributed by atoms with Crippen LogP contribution in [0.2, 0.25) is 0 Å². The molecule has 1 aliphatic carbocycles. The van der Waals surface area contributed by atoms with E-state index in [0.29, 0.717) is 12.3 Å². The fourth-order valence-corrected chi connectivity index (χ4v) is 5.59. The van der Waals surface area contributed by atoms with Gasteiger partial charge in [0.2, 0.25) is 5.91 Å². The molecule has 2 bridgehead atoms. The summed E-state index contributed by atoms with van der Waals surface area (Å²) in [4.78, 5) is 27.0. The topological polar surface area (TPSA) is 58.6 Å². The number of nitrogens with zero attached hydrogens (tertiary/aromatic N) is 1. The van der Waals surface area contributed by atoms with Gasteiger partial charge in [-0.3, -0.25) is 4.79 Å². The molecule has 0 aromatic heterocycles. The predicted octanol–water partition coefficient (Wildman–Crippen LogP) is 3.90. The van der Waals surface area contributed by atoms with Crippen molar-refractivity contribution in [2.45, 2.75) is 31.7 Å². The Morgan fingerprint density at radius 1 is 1.06 bits per heavy atom. The van der Waals surface area contributed by atoms with E-state index in [4.69, 9.17) is 4.74 Å². The highest BCUT2D eigenvalue weighted by molar-refractivity contribution is 5.88. The summed E-state index contributed by atoms with van der Waals surface area (Å²) in [5.74, 6) is 0.000813. The van der Waals surface area contributed by atoms with Crippen LogP contribution in [-0.2, 0) is 14.3 Å². The number of piperidine rings is 1. The molecule has 1 saturated carbocycles. The van der Waals surface area contributed by atoms with Gasteiger partial charge in [-0.2, -0.15) is 0 Å². The van der Waals surface area contributed by atoms with Crippen molar-refractivity contribution < 1.29 is 14.3 Å². The number of methoxy groups -OCH3 is 1. The van der Waals surface area contributed by atoms with Crippen LogP contribution < -0.4 is 5.32 Å². The van der Waals surface area contributed by atoms with Crippen LogP contribution in [0.5, 0.6) is 0 Å². The number of nitrogens with one attached hydrogen (secondary N) is 1. The normalized spacial score (nSPS) is 24.6. The first-order valence-electron chi connectivity index (χ1n) is 11.4. The van der Waals surface area contributed by atoms with E-state index in [1.165, 1.54) is 30.7 Å². The summed E-state index contributed by atoms with van der Waals surface area (Å²) < 4.78 is 5.11. The van der Waals surface area contributed by atoms with Gasteiger partial charge in [0, 0.05) is 32.5 Å². The molecule has 0 radical (unpaired) electrons. The highest BCUT2D eigenvalue weighted by Gasteiger charge is 2.56. The van der Waals surface area contributed by atoms with Gasteiger partial charge < -0.3 is 15.0 Å². The van der Waals surface area contributed by atoms with E-state index in [1.54, 1.807) is 0 Å².